The van der Waals surface area contributed by atoms with E-state index in [-0.39, 0.29) is 0 Å². The van der Waals surface area contributed by atoms with Crippen molar-refractivity contribution in [3.8, 4) is 0 Å². The topological polar surface area (TPSA) is 15.3 Å². The van der Waals surface area contributed by atoms with Crippen LogP contribution in [0.4, 0.5) is 0 Å². The fraction of sp³-hybridized carbons (Fsp3) is 1.00. The van der Waals surface area contributed by atoms with Gasteiger partial charge in [-0.25, -0.2) is 0 Å². The minimum atomic E-state index is 0.716. The Bertz CT molecular complexity index is 239. The largest absolute Gasteiger partial charge is 0.311 e. The number of nitrogens with zero attached hydrogens (tertiary/aromatic N) is 1. The number of hydrogen-bond donors (Lipinski definition) is 1. The maximum absolute atomic E-state index is 3.72. The van der Waals surface area contributed by atoms with Crippen LogP contribution in [0.1, 0.15) is 46.5 Å². The molecule has 2 aliphatic rings. The lowest BCUT2D eigenvalue weighted by Crippen LogP contribution is -2.59. The van der Waals surface area contributed by atoms with Gasteiger partial charge in [0.2, 0.25) is 0 Å². The minimum absolute atomic E-state index is 0.716. The van der Waals surface area contributed by atoms with Crippen molar-refractivity contribution in [1.82, 2.24) is 10.2 Å². The fourth-order valence-corrected chi connectivity index (χ4v) is 4.59. The molecular formula is C15H30N2S. The number of piperazine rings is 1. The second-order valence-corrected chi connectivity index (χ2v) is 7.68. The zero-order chi connectivity index (χ0) is 13.0. The Kier molecular flexibility index (Phi) is 5.84. The van der Waals surface area contributed by atoms with E-state index in [9.17, 15) is 0 Å². The Morgan fingerprint density at radius 1 is 1.33 bits per heavy atom. The van der Waals surface area contributed by atoms with E-state index in [1.165, 1.54) is 51.1 Å². The van der Waals surface area contributed by atoms with Crippen molar-refractivity contribution >= 4 is 11.8 Å². The van der Waals surface area contributed by atoms with E-state index < -0.39 is 0 Å². The molecule has 2 aliphatic heterocycles. The molecule has 0 bridgehead atoms. The van der Waals surface area contributed by atoms with Crippen LogP contribution in [0.2, 0.25) is 0 Å². The predicted octanol–water partition coefficient (Wildman–Crippen LogP) is 2.98. The average molecular weight is 270 g/mol. The molecule has 0 spiro atoms. The number of rotatable bonds is 4. The highest BCUT2D eigenvalue weighted by atomic mass is 32.2. The number of hydrogen-bond acceptors (Lipinski definition) is 3. The zero-order valence-corrected chi connectivity index (χ0v) is 13.1. The van der Waals surface area contributed by atoms with Gasteiger partial charge in [0.1, 0.15) is 0 Å². The van der Waals surface area contributed by atoms with Crippen LogP contribution < -0.4 is 5.32 Å². The van der Waals surface area contributed by atoms with Gasteiger partial charge < -0.3 is 5.32 Å². The van der Waals surface area contributed by atoms with E-state index >= 15 is 0 Å². The van der Waals surface area contributed by atoms with Gasteiger partial charge in [-0.2, -0.15) is 11.8 Å². The second kappa shape index (κ2) is 7.16. The maximum Gasteiger partial charge on any atom is 0.0244 e. The summed E-state index contributed by atoms with van der Waals surface area (Å²) in [6, 6.07) is 1.46. The molecule has 3 atom stereocenters. The van der Waals surface area contributed by atoms with Gasteiger partial charge in [0.15, 0.2) is 0 Å². The van der Waals surface area contributed by atoms with Crippen LogP contribution >= 0.6 is 11.8 Å². The van der Waals surface area contributed by atoms with Crippen molar-refractivity contribution in [1.29, 1.82) is 0 Å². The first-order valence-corrected chi connectivity index (χ1v) is 8.84. The molecule has 2 rings (SSSR count). The summed E-state index contributed by atoms with van der Waals surface area (Å²) >= 11 is 2.22. The van der Waals surface area contributed by atoms with Crippen LogP contribution in [0.3, 0.4) is 0 Å². The highest BCUT2D eigenvalue weighted by molar-refractivity contribution is 7.99. The van der Waals surface area contributed by atoms with Crippen molar-refractivity contribution < 1.29 is 0 Å². The SMILES string of the molecule is CCC1CN(CC2CCCCS2)C(C(C)C)CN1. The summed E-state index contributed by atoms with van der Waals surface area (Å²) in [7, 11) is 0. The molecule has 2 nitrogen and oxygen atoms in total. The van der Waals surface area contributed by atoms with Gasteiger partial charge in [0.25, 0.3) is 0 Å². The molecule has 2 saturated heterocycles. The molecule has 2 fully saturated rings. The Hall–Kier alpha value is 0.270. The molecule has 0 aromatic heterocycles. The van der Waals surface area contributed by atoms with Gasteiger partial charge in [0, 0.05) is 37.0 Å². The van der Waals surface area contributed by atoms with Crippen molar-refractivity contribution in [3.63, 3.8) is 0 Å². The molecule has 18 heavy (non-hydrogen) atoms. The van der Waals surface area contributed by atoms with Crippen LogP contribution in [0.5, 0.6) is 0 Å². The van der Waals surface area contributed by atoms with Crippen molar-refractivity contribution in [2.45, 2.75) is 63.8 Å². The summed E-state index contributed by atoms with van der Waals surface area (Å²) in [4.78, 5) is 2.79. The molecule has 3 unspecified atom stereocenters. The van der Waals surface area contributed by atoms with E-state index in [2.05, 4.69) is 42.7 Å². The van der Waals surface area contributed by atoms with Gasteiger partial charge in [-0.05, 0) is 30.9 Å². The van der Waals surface area contributed by atoms with Crippen molar-refractivity contribution in [2.75, 3.05) is 25.4 Å². The third kappa shape index (κ3) is 3.88. The van der Waals surface area contributed by atoms with Crippen LogP contribution in [-0.2, 0) is 0 Å². The average Bonchev–Trinajstić information content (AvgIpc) is 2.39. The smallest absolute Gasteiger partial charge is 0.0244 e. The molecule has 0 aromatic carbocycles. The monoisotopic (exact) mass is 270 g/mol. The Morgan fingerprint density at radius 2 is 2.17 bits per heavy atom. The van der Waals surface area contributed by atoms with Gasteiger partial charge in [-0.1, -0.05) is 27.2 Å². The van der Waals surface area contributed by atoms with Gasteiger partial charge >= 0.3 is 0 Å². The van der Waals surface area contributed by atoms with E-state index in [0.717, 1.165) is 17.2 Å². The zero-order valence-electron chi connectivity index (χ0n) is 12.3. The highest BCUT2D eigenvalue weighted by Gasteiger charge is 2.30. The standard InChI is InChI=1S/C15H30N2S/c1-4-13-10-17(15(9-16-13)12(2)3)11-14-7-5-6-8-18-14/h12-16H,4-11H2,1-3H3. The molecule has 3 heteroatoms. The Morgan fingerprint density at radius 3 is 2.78 bits per heavy atom. The summed E-state index contributed by atoms with van der Waals surface area (Å²) < 4.78 is 0. The third-order valence-electron chi connectivity index (χ3n) is 4.51. The summed E-state index contributed by atoms with van der Waals surface area (Å²) in [5, 5.41) is 4.62. The quantitative estimate of drug-likeness (QED) is 0.845. The summed E-state index contributed by atoms with van der Waals surface area (Å²) in [5.41, 5.74) is 0. The molecule has 0 aromatic rings. The van der Waals surface area contributed by atoms with Crippen LogP contribution in [0, 0.1) is 5.92 Å². The number of nitrogens with one attached hydrogen (secondary N) is 1. The fourth-order valence-electron chi connectivity index (χ4n) is 3.25. The molecule has 1 N–H and O–H groups in total. The van der Waals surface area contributed by atoms with Crippen molar-refractivity contribution in [2.24, 2.45) is 5.92 Å². The van der Waals surface area contributed by atoms with Crippen molar-refractivity contribution in [3.05, 3.63) is 0 Å². The second-order valence-electron chi connectivity index (χ2n) is 6.27. The molecule has 0 radical (unpaired) electrons. The first kappa shape index (κ1) is 14.7. The molecule has 0 amide bonds. The molecule has 2 heterocycles. The Balaban J connectivity index is 1.91. The summed E-state index contributed by atoms with van der Waals surface area (Å²) in [6.07, 6.45) is 5.59. The maximum atomic E-state index is 3.72. The first-order chi connectivity index (χ1) is 8.70. The molecule has 106 valence electrons. The highest BCUT2D eigenvalue weighted by Crippen LogP contribution is 2.27. The van der Waals surface area contributed by atoms with Gasteiger partial charge in [0.05, 0.1) is 0 Å². The van der Waals surface area contributed by atoms with E-state index in [4.69, 9.17) is 0 Å². The molecule has 0 saturated carbocycles. The number of thioether (sulfide) groups is 1. The van der Waals surface area contributed by atoms with E-state index in [1.54, 1.807) is 0 Å². The summed E-state index contributed by atoms with van der Waals surface area (Å²) in [5.74, 6) is 2.16. The van der Waals surface area contributed by atoms with Crippen LogP contribution in [0.25, 0.3) is 0 Å². The lowest BCUT2D eigenvalue weighted by molar-refractivity contribution is 0.0966. The predicted molar refractivity (Wildman–Crippen MR) is 82.4 cm³/mol. The lowest BCUT2D eigenvalue weighted by atomic mass is 9.97. The normalized spacial score (nSPS) is 35.0. The van der Waals surface area contributed by atoms with Gasteiger partial charge in [-0.3, -0.25) is 4.90 Å². The van der Waals surface area contributed by atoms with E-state index in [1.807, 2.05) is 0 Å². The van der Waals surface area contributed by atoms with Crippen LogP contribution in [0.15, 0.2) is 0 Å². The minimum Gasteiger partial charge on any atom is -0.311 e. The Labute approximate surface area is 117 Å². The molecule has 0 aliphatic carbocycles. The summed E-state index contributed by atoms with van der Waals surface area (Å²) in [6.45, 7) is 10.8. The van der Waals surface area contributed by atoms with Gasteiger partial charge in [-0.15, -0.1) is 0 Å². The third-order valence-corrected chi connectivity index (χ3v) is 5.89. The molecular weight excluding hydrogens is 240 g/mol. The first-order valence-electron chi connectivity index (χ1n) is 7.79. The van der Waals surface area contributed by atoms with Crippen LogP contribution in [-0.4, -0.2) is 47.6 Å². The van der Waals surface area contributed by atoms with E-state index in [0.29, 0.717) is 6.04 Å². The lowest BCUT2D eigenvalue weighted by Gasteiger charge is -2.44.